The van der Waals surface area contributed by atoms with E-state index in [1.165, 1.54) is 11.2 Å². The SMILES string of the molecule is C=C1/C=C/[C@@H](C)[C@@H]([C@@H](C)CO)OC(=O)[C@H]2CCCN2C(=O)c2coc(n2)CC(=O)C[C@H](O)/C=C(C)/C=C/CN1. The van der Waals surface area contributed by atoms with Crippen LogP contribution in [0.1, 0.15) is 56.4 Å². The Kier molecular flexibility index (Phi) is 10.8. The van der Waals surface area contributed by atoms with E-state index in [-0.39, 0.29) is 48.7 Å². The maximum Gasteiger partial charge on any atom is 0.329 e. The lowest BCUT2D eigenvalue weighted by Crippen LogP contribution is -2.44. The first-order valence-electron chi connectivity index (χ1n) is 13.3. The molecule has 1 aromatic rings. The number of esters is 1. The number of rotatable bonds is 2. The molecule has 1 amide bonds. The summed E-state index contributed by atoms with van der Waals surface area (Å²) in [6, 6.07) is -0.793. The van der Waals surface area contributed by atoms with Gasteiger partial charge in [0.25, 0.3) is 5.91 Å². The number of hydrogen-bond acceptors (Lipinski definition) is 9. The Balaban J connectivity index is 1.87. The summed E-state index contributed by atoms with van der Waals surface area (Å²) in [5, 5.41) is 23.3. The number of nitrogens with one attached hydrogen (secondary N) is 1. The summed E-state index contributed by atoms with van der Waals surface area (Å²) in [6.07, 6.45) is 9.31. The Morgan fingerprint density at radius 1 is 1.28 bits per heavy atom. The molecule has 212 valence electrons. The highest BCUT2D eigenvalue weighted by atomic mass is 16.5. The number of ether oxygens (including phenoxy) is 1. The van der Waals surface area contributed by atoms with Gasteiger partial charge in [0.2, 0.25) is 5.89 Å². The molecule has 10 nitrogen and oxygen atoms in total. The van der Waals surface area contributed by atoms with Crippen LogP contribution >= 0.6 is 0 Å². The fourth-order valence-corrected chi connectivity index (χ4v) is 4.71. The number of nitrogens with zero attached hydrogens (tertiary/aromatic N) is 2. The van der Waals surface area contributed by atoms with Crippen molar-refractivity contribution in [1.82, 2.24) is 15.2 Å². The standard InChI is InChI=1S/C29H39N3O7/c1-18-7-5-11-30-21(4)10-9-19(2)27(20(3)16-33)39-29(37)25-8-6-12-32(25)28(36)24-17-38-26(31-24)15-23(35)14-22(34)13-18/h5,7,9-10,13,17,19-20,22,25,27,30,33-34H,4,6,8,11-12,14-16H2,1-3H3/b7-5+,10-9+,18-13+/t19-,20+,22-,25-,27+/m1/s1. The average Bonchev–Trinajstić information content (AvgIpc) is 3.57. The van der Waals surface area contributed by atoms with E-state index < -0.39 is 30.1 Å². The summed E-state index contributed by atoms with van der Waals surface area (Å²) in [5.41, 5.74) is 1.44. The van der Waals surface area contributed by atoms with Crippen molar-refractivity contribution >= 4 is 17.7 Å². The van der Waals surface area contributed by atoms with Crippen molar-refractivity contribution in [2.75, 3.05) is 19.7 Å². The summed E-state index contributed by atoms with van der Waals surface area (Å²) < 4.78 is 11.2. The third-order valence-electron chi connectivity index (χ3n) is 6.85. The van der Waals surface area contributed by atoms with E-state index in [4.69, 9.17) is 9.15 Å². The predicted molar refractivity (Wildman–Crippen MR) is 144 cm³/mol. The molecule has 39 heavy (non-hydrogen) atoms. The normalized spacial score (nSPS) is 30.0. The monoisotopic (exact) mass is 541 g/mol. The lowest BCUT2D eigenvalue weighted by Gasteiger charge is -2.30. The van der Waals surface area contributed by atoms with E-state index >= 15 is 0 Å². The van der Waals surface area contributed by atoms with Gasteiger partial charge in [0.05, 0.1) is 12.5 Å². The highest BCUT2D eigenvalue weighted by Crippen LogP contribution is 2.25. The summed E-state index contributed by atoms with van der Waals surface area (Å²) >= 11 is 0. The summed E-state index contributed by atoms with van der Waals surface area (Å²) in [6.45, 7) is 10.2. The molecule has 1 saturated heterocycles. The number of hydrogen-bond donors (Lipinski definition) is 3. The number of allylic oxidation sites excluding steroid dienone is 3. The van der Waals surface area contributed by atoms with Gasteiger partial charge in [0.1, 0.15) is 24.2 Å². The smallest absolute Gasteiger partial charge is 0.329 e. The van der Waals surface area contributed by atoms with E-state index in [1.807, 2.05) is 32.1 Å². The minimum Gasteiger partial charge on any atom is -0.460 e. The molecule has 3 N–H and O–H groups in total. The Bertz CT molecular complexity index is 1140. The zero-order valence-corrected chi connectivity index (χ0v) is 22.8. The molecule has 0 saturated carbocycles. The van der Waals surface area contributed by atoms with Gasteiger partial charge in [0.15, 0.2) is 5.69 Å². The topological polar surface area (TPSA) is 142 Å². The maximum absolute atomic E-state index is 13.2. The molecule has 10 heteroatoms. The van der Waals surface area contributed by atoms with Crippen LogP contribution in [0.25, 0.3) is 0 Å². The van der Waals surface area contributed by atoms with E-state index in [2.05, 4.69) is 16.9 Å². The quantitative estimate of drug-likeness (QED) is 0.481. The molecule has 1 aromatic heterocycles. The number of aromatic nitrogens is 1. The molecule has 0 aromatic carbocycles. The first kappa shape index (κ1) is 30.0. The van der Waals surface area contributed by atoms with Gasteiger partial charge in [-0.3, -0.25) is 9.59 Å². The van der Waals surface area contributed by atoms with Crippen LogP contribution in [0.4, 0.5) is 0 Å². The van der Waals surface area contributed by atoms with Crippen LogP contribution in [-0.4, -0.2) is 75.7 Å². The summed E-state index contributed by atoms with van der Waals surface area (Å²) in [5.74, 6) is -1.82. The van der Waals surface area contributed by atoms with Crippen molar-refractivity contribution < 1.29 is 33.8 Å². The third kappa shape index (κ3) is 8.49. The minimum atomic E-state index is -0.974. The number of ketones is 1. The van der Waals surface area contributed by atoms with Gasteiger partial charge in [-0.2, -0.15) is 0 Å². The Labute approximate surface area is 229 Å². The average molecular weight is 542 g/mol. The van der Waals surface area contributed by atoms with Crippen molar-refractivity contribution in [3.8, 4) is 0 Å². The second kappa shape index (κ2) is 14.0. The fourth-order valence-electron chi connectivity index (χ4n) is 4.71. The second-order valence-electron chi connectivity index (χ2n) is 10.3. The summed E-state index contributed by atoms with van der Waals surface area (Å²) in [7, 11) is 0. The van der Waals surface area contributed by atoms with Crippen LogP contribution in [0.5, 0.6) is 0 Å². The number of fused-ring (bicyclic) bond motifs is 3. The molecule has 2 aliphatic rings. The van der Waals surface area contributed by atoms with Crippen molar-refractivity contribution in [3.63, 3.8) is 0 Å². The van der Waals surface area contributed by atoms with E-state index in [9.17, 15) is 24.6 Å². The molecular weight excluding hydrogens is 502 g/mol. The molecule has 0 unspecified atom stereocenters. The third-order valence-corrected chi connectivity index (χ3v) is 6.85. The van der Waals surface area contributed by atoms with Crippen molar-refractivity contribution in [2.45, 2.75) is 64.7 Å². The molecule has 0 aliphatic carbocycles. The van der Waals surface area contributed by atoms with Gasteiger partial charge in [-0.25, -0.2) is 9.78 Å². The molecule has 1 fully saturated rings. The van der Waals surface area contributed by atoms with Crippen LogP contribution in [0.2, 0.25) is 0 Å². The van der Waals surface area contributed by atoms with E-state index in [0.29, 0.717) is 31.6 Å². The highest BCUT2D eigenvalue weighted by Gasteiger charge is 2.39. The number of amides is 1. The number of aliphatic hydroxyl groups is 2. The molecular formula is C29H39N3O7. The number of carbonyl (C=O) groups is 3. The number of oxazole rings is 1. The number of aliphatic hydroxyl groups excluding tert-OH is 2. The van der Waals surface area contributed by atoms with E-state index in [0.717, 1.165) is 5.57 Å². The fraction of sp³-hybridized carbons (Fsp3) is 0.517. The predicted octanol–water partition coefficient (Wildman–Crippen LogP) is 2.49. The van der Waals surface area contributed by atoms with Gasteiger partial charge >= 0.3 is 5.97 Å². The van der Waals surface area contributed by atoms with Gasteiger partial charge in [-0.05, 0) is 25.8 Å². The molecule has 3 heterocycles. The number of cyclic esters (lactones) is 1. The Morgan fingerprint density at radius 2 is 2.05 bits per heavy atom. The lowest BCUT2D eigenvalue weighted by atomic mass is 9.93. The number of Topliss-reactive ketones (excluding diaryl/α,β-unsaturated/α-hetero) is 1. The first-order chi connectivity index (χ1) is 18.6. The zero-order valence-electron chi connectivity index (χ0n) is 22.8. The van der Waals surface area contributed by atoms with Crippen molar-refractivity contribution in [2.24, 2.45) is 11.8 Å². The van der Waals surface area contributed by atoms with Crippen molar-refractivity contribution in [1.29, 1.82) is 0 Å². The first-order valence-corrected chi connectivity index (χ1v) is 13.3. The van der Waals surface area contributed by atoms with Crippen molar-refractivity contribution in [3.05, 3.63) is 66.1 Å². The van der Waals surface area contributed by atoms with Gasteiger partial charge in [-0.1, -0.05) is 50.3 Å². The molecule has 0 spiro atoms. The maximum atomic E-state index is 13.2. The zero-order chi connectivity index (χ0) is 28.5. The Hall–Kier alpha value is -3.50. The molecule has 2 aliphatic heterocycles. The Morgan fingerprint density at radius 3 is 2.79 bits per heavy atom. The molecule has 0 radical (unpaired) electrons. The van der Waals surface area contributed by atoms with Crippen LogP contribution in [0.15, 0.2) is 58.9 Å². The minimum absolute atomic E-state index is 0.0000856. The van der Waals surface area contributed by atoms with Gasteiger partial charge in [0, 0.05) is 43.7 Å². The molecule has 5 atom stereocenters. The van der Waals surface area contributed by atoms with Crippen LogP contribution in [-0.2, 0) is 20.7 Å². The molecule has 3 rings (SSSR count). The second-order valence-corrected chi connectivity index (χ2v) is 10.3. The van der Waals surface area contributed by atoms with Gasteiger partial charge in [-0.15, -0.1) is 0 Å². The largest absolute Gasteiger partial charge is 0.460 e. The highest BCUT2D eigenvalue weighted by molar-refractivity contribution is 5.95. The van der Waals surface area contributed by atoms with Gasteiger partial charge < -0.3 is 29.6 Å². The van der Waals surface area contributed by atoms with E-state index in [1.54, 1.807) is 19.1 Å². The lowest BCUT2D eigenvalue weighted by molar-refractivity contribution is -0.159. The summed E-state index contributed by atoms with van der Waals surface area (Å²) in [4.78, 5) is 44.5. The van der Waals surface area contributed by atoms with Crippen LogP contribution in [0.3, 0.4) is 0 Å². The number of carbonyl (C=O) groups excluding carboxylic acids is 3. The van der Waals surface area contributed by atoms with Crippen LogP contribution < -0.4 is 5.32 Å². The molecule has 2 bridgehead atoms. The van der Waals surface area contributed by atoms with Crippen LogP contribution in [0, 0.1) is 11.8 Å².